The number of likely N-dealkylation sites (tertiary alicyclic amines) is 1. The van der Waals surface area contributed by atoms with E-state index < -0.39 is 17.5 Å². The molecular weight excluding hydrogens is 1120 g/mol. The Hall–Kier alpha value is -8.12. The normalized spacial score (nSPS) is 16.2. The first-order valence-electron chi connectivity index (χ1n) is 31.4. The standard InChI is InChI=1S/C71H85N11O5S/c1-47(51-27-29-52(30-28-51)63-48(2)76-46-88-63)77-68(85)60-43-56(87-45-50-20-13-12-14-21-50)44-81(60)69(86)64(70(3,4)5)80-62(84)25-15-10-8-6-7-9-11-16-40-74-61(83)37-26-49-22-17-23-53(42-49)58-35-36-59-67(78-58)82(66(79-59)57-24-18-41-75-65(57)72)55-33-31-54(32-34-55)71(73)38-19-39-71/h12-14,17-18,20-24,27-36,41-42,46-47,56,60,64H,6-11,15-16,19,25-26,37-40,43-45,73H2,1-5H3,(H2,72,75)(H,74,83)(H,77,85)(H,80,84)/t47-,56-,60+,64+/m0/s1. The number of amides is 4. The maximum Gasteiger partial charge on any atom is 0.246 e. The van der Waals surface area contributed by atoms with E-state index in [-0.39, 0.29) is 47.9 Å². The molecule has 2 fully saturated rings. The molecule has 8 aromatic rings. The number of rotatable bonds is 27. The number of nitrogens with one attached hydrogen (secondary N) is 3. The lowest BCUT2D eigenvalue weighted by Gasteiger charge is -2.38. The van der Waals surface area contributed by atoms with E-state index in [1.54, 1.807) is 22.4 Å². The number of fused-ring (bicyclic) bond motifs is 1. The van der Waals surface area contributed by atoms with E-state index in [4.69, 9.17) is 26.2 Å². The Morgan fingerprint density at radius 3 is 2.18 bits per heavy atom. The number of benzene rings is 4. The summed E-state index contributed by atoms with van der Waals surface area (Å²) >= 11 is 1.60. The summed E-state index contributed by atoms with van der Waals surface area (Å²) in [5.41, 5.74) is 25.0. The molecule has 0 unspecified atom stereocenters. The molecule has 88 heavy (non-hydrogen) atoms. The number of aryl methyl sites for hydroxylation is 2. The maximum absolute atomic E-state index is 14.7. The molecule has 4 aromatic carbocycles. The molecule has 0 spiro atoms. The topological polar surface area (TPSA) is 225 Å². The van der Waals surface area contributed by atoms with Gasteiger partial charge in [-0.05, 0) is 128 Å². The predicted octanol–water partition coefficient (Wildman–Crippen LogP) is 12.7. The lowest BCUT2D eigenvalue weighted by atomic mass is 9.73. The number of hydrogen-bond donors (Lipinski definition) is 5. The van der Waals surface area contributed by atoms with E-state index in [1.165, 1.54) is 0 Å². The van der Waals surface area contributed by atoms with Crippen molar-refractivity contribution in [1.82, 2.24) is 45.4 Å². The number of nitrogens with two attached hydrogens (primary N) is 2. The van der Waals surface area contributed by atoms with Crippen LogP contribution in [0.3, 0.4) is 0 Å². The van der Waals surface area contributed by atoms with Crippen LogP contribution < -0.4 is 27.4 Å². The van der Waals surface area contributed by atoms with E-state index in [2.05, 4.69) is 74.4 Å². The van der Waals surface area contributed by atoms with Crippen LogP contribution in [0.1, 0.15) is 152 Å². The van der Waals surface area contributed by atoms with Gasteiger partial charge in [0.1, 0.15) is 23.4 Å². The number of nitrogen functional groups attached to an aromatic ring is 1. The molecule has 2 aliphatic rings. The smallest absolute Gasteiger partial charge is 0.246 e. The Balaban J connectivity index is 0.641. The Morgan fingerprint density at radius 1 is 0.761 bits per heavy atom. The minimum absolute atomic E-state index is 0.0364. The molecule has 10 rings (SSSR count). The number of ether oxygens (including phenoxy) is 1. The van der Waals surface area contributed by atoms with Gasteiger partial charge in [-0.2, -0.15) is 0 Å². The molecule has 0 radical (unpaired) electrons. The van der Waals surface area contributed by atoms with Gasteiger partial charge < -0.3 is 37.1 Å². The van der Waals surface area contributed by atoms with Crippen LogP contribution in [0.15, 0.2) is 139 Å². The summed E-state index contributed by atoms with van der Waals surface area (Å²) in [4.78, 5) is 77.2. The van der Waals surface area contributed by atoms with Gasteiger partial charge in [-0.3, -0.25) is 23.7 Å². The number of hydrogen-bond acceptors (Lipinski definition) is 12. The molecule has 4 atom stereocenters. The Labute approximate surface area is 521 Å². The lowest BCUT2D eigenvalue weighted by Crippen LogP contribution is -2.57. The number of aromatic nitrogens is 5. The Morgan fingerprint density at radius 2 is 1.49 bits per heavy atom. The van der Waals surface area contributed by atoms with Gasteiger partial charge in [-0.25, -0.2) is 19.9 Å². The van der Waals surface area contributed by atoms with Gasteiger partial charge in [-0.1, -0.05) is 144 Å². The summed E-state index contributed by atoms with van der Waals surface area (Å²) in [5.74, 6) is 0.376. The molecule has 0 bridgehead atoms. The minimum Gasteiger partial charge on any atom is -0.383 e. The molecular formula is C71H85N11O5S. The van der Waals surface area contributed by atoms with Crippen molar-refractivity contribution in [3.05, 3.63) is 167 Å². The highest BCUT2D eigenvalue weighted by molar-refractivity contribution is 7.13. The van der Waals surface area contributed by atoms with Gasteiger partial charge in [0, 0.05) is 55.3 Å². The number of unbranched alkanes of at least 4 members (excludes halogenated alkanes) is 7. The average molecular weight is 1200 g/mol. The van der Waals surface area contributed by atoms with E-state index in [9.17, 15) is 19.2 Å². The third-order valence-electron chi connectivity index (χ3n) is 17.4. The van der Waals surface area contributed by atoms with Crippen LogP contribution in [0.2, 0.25) is 0 Å². The second-order valence-electron chi connectivity index (χ2n) is 25.1. The fraction of sp³-hybridized carbons (Fsp3) is 0.408. The van der Waals surface area contributed by atoms with Gasteiger partial charge >= 0.3 is 0 Å². The number of nitrogens with zero attached hydrogens (tertiary/aromatic N) is 6. The first-order valence-corrected chi connectivity index (χ1v) is 32.3. The molecule has 5 heterocycles. The van der Waals surface area contributed by atoms with Gasteiger partial charge in [0.25, 0.3) is 0 Å². The van der Waals surface area contributed by atoms with E-state index in [1.807, 2.05) is 124 Å². The molecule has 7 N–H and O–H groups in total. The van der Waals surface area contributed by atoms with E-state index >= 15 is 0 Å². The Kier molecular flexibility index (Phi) is 20.6. The third kappa shape index (κ3) is 15.6. The van der Waals surface area contributed by atoms with Crippen molar-refractivity contribution in [3.63, 3.8) is 0 Å². The number of anilines is 1. The molecule has 17 heteroatoms. The van der Waals surface area contributed by atoms with Gasteiger partial charge in [0.05, 0.1) is 46.1 Å². The monoisotopic (exact) mass is 1200 g/mol. The first-order chi connectivity index (χ1) is 42.5. The number of imidazole rings is 1. The second kappa shape index (κ2) is 28.8. The minimum atomic E-state index is -0.837. The molecule has 1 aliphatic heterocycles. The highest BCUT2D eigenvalue weighted by Gasteiger charge is 2.45. The second-order valence-corrected chi connectivity index (χ2v) is 25.9. The van der Waals surface area contributed by atoms with Gasteiger partial charge in [-0.15, -0.1) is 11.3 Å². The van der Waals surface area contributed by atoms with Crippen molar-refractivity contribution in [2.24, 2.45) is 11.1 Å². The summed E-state index contributed by atoms with van der Waals surface area (Å²) in [5, 5.41) is 9.40. The van der Waals surface area contributed by atoms with E-state index in [0.29, 0.717) is 56.1 Å². The fourth-order valence-corrected chi connectivity index (χ4v) is 12.8. The molecule has 1 saturated carbocycles. The highest BCUT2D eigenvalue weighted by atomic mass is 32.1. The summed E-state index contributed by atoms with van der Waals surface area (Å²) in [6.45, 7) is 11.0. The number of carbonyl (C=O) groups excluding carboxylic acids is 4. The lowest BCUT2D eigenvalue weighted by molar-refractivity contribution is -0.144. The van der Waals surface area contributed by atoms with Crippen molar-refractivity contribution < 1.29 is 23.9 Å². The zero-order valence-electron chi connectivity index (χ0n) is 51.6. The molecule has 1 saturated heterocycles. The SMILES string of the molecule is Cc1ncsc1-c1ccc([C@H](C)NC(=O)[C@H]2C[C@H](OCc3ccccc3)CN2C(=O)[C@@H](NC(=O)CCCCCCCCCCNC(=O)CCc2cccc(-c3ccc4nc(-c5cccnc5N)n(-c5ccc(C6(N)CCC6)cc5)c4n3)c2)C(C)(C)C)cc1. The summed E-state index contributed by atoms with van der Waals surface area (Å²) in [6.07, 6.45) is 13.9. The van der Waals surface area contributed by atoms with Crippen molar-refractivity contribution in [1.29, 1.82) is 0 Å². The summed E-state index contributed by atoms with van der Waals surface area (Å²) in [7, 11) is 0. The third-order valence-corrected chi connectivity index (χ3v) is 18.4. The van der Waals surface area contributed by atoms with Crippen molar-refractivity contribution in [3.8, 4) is 38.8 Å². The zero-order valence-corrected chi connectivity index (χ0v) is 52.4. The van der Waals surface area contributed by atoms with Crippen molar-refractivity contribution in [2.45, 2.75) is 167 Å². The van der Waals surface area contributed by atoms with Crippen LogP contribution in [0, 0.1) is 12.3 Å². The average Bonchev–Trinajstić information content (AvgIpc) is 1.77. The van der Waals surface area contributed by atoms with Crippen LogP contribution in [-0.2, 0) is 42.5 Å². The van der Waals surface area contributed by atoms with Gasteiger partial charge in [0.2, 0.25) is 23.6 Å². The number of pyridine rings is 2. The largest absolute Gasteiger partial charge is 0.383 e. The maximum atomic E-state index is 14.7. The van der Waals surface area contributed by atoms with Crippen LogP contribution in [0.25, 0.3) is 49.9 Å². The highest BCUT2D eigenvalue weighted by Crippen LogP contribution is 2.40. The number of carbonyl (C=O) groups is 4. The van der Waals surface area contributed by atoms with Crippen molar-refractivity contribution >= 4 is 51.9 Å². The molecule has 4 amide bonds. The zero-order chi connectivity index (χ0) is 61.8. The summed E-state index contributed by atoms with van der Waals surface area (Å²) in [6, 6.07) is 40.4. The van der Waals surface area contributed by atoms with Crippen LogP contribution >= 0.6 is 11.3 Å². The van der Waals surface area contributed by atoms with Crippen LogP contribution in [-0.4, -0.2) is 84.3 Å². The van der Waals surface area contributed by atoms with E-state index in [0.717, 1.165) is 137 Å². The molecule has 16 nitrogen and oxygen atoms in total. The quantitative estimate of drug-likeness (QED) is 0.0304. The molecule has 1 aliphatic carbocycles. The Bertz CT molecular complexity index is 3670. The van der Waals surface area contributed by atoms with Gasteiger partial charge in [0.15, 0.2) is 11.5 Å². The van der Waals surface area contributed by atoms with Crippen molar-refractivity contribution in [2.75, 3.05) is 18.8 Å². The fourth-order valence-electron chi connectivity index (χ4n) is 12.0. The molecule has 4 aromatic heterocycles. The predicted molar refractivity (Wildman–Crippen MR) is 350 cm³/mol. The first kappa shape index (κ1) is 62.9. The van der Waals surface area contributed by atoms with Crippen LogP contribution in [0.5, 0.6) is 0 Å². The number of thiazole rings is 1. The molecule has 460 valence electrons. The summed E-state index contributed by atoms with van der Waals surface area (Å²) < 4.78 is 8.39. The van der Waals surface area contributed by atoms with Crippen LogP contribution in [0.4, 0.5) is 5.82 Å².